The molecule has 0 atom stereocenters. The van der Waals surface area contributed by atoms with Gasteiger partial charge in [-0.2, -0.15) is 0 Å². The van der Waals surface area contributed by atoms with Gasteiger partial charge in [0.05, 0.1) is 17.3 Å². The minimum Gasteiger partial charge on any atom is -0.465 e. The molecule has 1 amide bonds. The van der Waals surface area contributed by atoms with Crippen molar-refractivity contribution >= 4 is 11.6 Å². The van der Waals surface area contributed by atoms with Crippen LogP contribution in [0.15, 0.2) is 30.6 Å². The van der Waals surface area contributed by atoms with Crippen LogP contribution in [0.2, 0.25) is 0 Å². The average molecular weight is 219 g/mol. The third-order valence-electron chi connectivity index (χ3n) is 2.42. The third-order valence-corrected chi connectivity index (χ3v) is 2.42. The molecule has 0 saturated heterocycles. The van der Waals surface area contributed by atoms with E-state index in [1.165, 1.54) is 0 Å². The number of hydrogen-bond acceptors (Lipinski definition) is 2. The number of aromatic nitrogens is 2. The summed E-state index contributed by atoms with van der Waals surface area (Å²) >= 11 is 0. The van der Waals surface area contributed by atoms with Gasteiger partial charge in [-0.05, 0) is 26.0 Å². The maximum Gasteiger partial charge on any atom is 0.405 e. The van der Waals surface area contributed by atoms with E-state index in [0.717, 1.165) is 5.52 Å². The fourth-order valence-electron chi connectivity index (χ4n) is 1.73. The number of rotatable bonds is 2. The zero-order valence-electron chi connectivity index (χ0n) is 9.14. The minimum absolute atomic E-state index is 0.672. The highest BCUT2D eigenvalue weighted by molar-refractivity contribution is 5.65. The quantitative estimate of drug-likeness (QED) is 0.809. The van der Waals surface area contributed by atoms with Crippen molar-refractivity contribution in [3.05, 3.63) is 36.4 Å². The molecule has 2 aromatic heterocycles. The highest BCUT2D eigenvalue weighted by atomic mass is 16.4. The molecule has 0 unspecified atom stereocenters. The first-order valence-electron chi connectivity index (χ1n) is 4.94. The number of carboxylic acid groups (broad SMARTS) is 1. The first-order chi connectivity index (χ1) is 7.50. The Morgan fingerprint density at radius 3 is 2.94 bits per heavy atom. The third kappa shape index (κ3) is 1.71. The SMILES string of the molecule is CC(C)(NC(=O)O)c1ncc2ccccn12. The molecule has 16 heavy (non-hydrogen) atoms. The summed E-state index contributed by atoms with van der Waals surface area (Å²) in [6.07, 6.45) is 2.53. The summed E-state index contributed by atoms with van der Waals surface area (Å²) in [6, 6.07) is 5.72. The molecule has 0 aliphatic heterocycles. The van der Waals surface area contributed by atoms with Crippen molar-refractivity contribution in [3.63, 3.8) is 0 Å². The molecule has 0 aromatic carbocycles. The van der Waals surface area contributed by atoms with Gasteiger partial charge in [-0.15, -0.1) is 0 Å². The lowest BCUT2D eigenvalue weighted by Crippen LogP contribution is -2.41. The van der Waals surface area contributed by atoms with Crippen molar-refractivity contribution in [2.45, 2.75) is 19.4 Å². The molecular formula is C11H13N3O2. The van der Waals surface area contributed by atoms with Crippen LogP contribution in [0.4, 0.5) is 4.79 Å². The van der Waals surface area contributed by atoms with E-state index < -0.39 is 11.6 Å². The van der Waals surface area contributed by atoms with Crippen molar-refractivity contribution < 1.29 is 9.90 Å². The van der Waals surface area contributed by atoms with Gasteiger partial charge in [0.15, 0.2) is 0 Å². The molecule has 0 fully saturated rings. The van der Waals surface area contributed by atoms with E-state index in [-0.39, 0.29) is 0 Å². The number of nitrogens with one attached hydrogen (secondary N) is 1. The van der Waals surface area contributed by atoms with Gasteiger partial charge >= 0.3 is 6.09 Å². The Kier molecular flexibility index (Phi) is 2.30. The largest absolute Gasteiger partial charge is 0.465 e. The standard InChI is InChI=1S/C11H13N3O2/c1-11(2,13-10(15)16)9-12-7-8-5-3-4-6-14(8)9/h3-7,13H,1-2H3,(H,15,16). The summed E-state index contributed by atoms with van der Waals surface area (Å²) < 4.78 is 1.87. The van der Waals surface area contributed by atoms with Gasteiger partial charge in [0.1, 0.15) is 5.82 Å². The number of imidazole rings is 1. The van der Waals surface area contributed by atoms with Gasteiger partial charge < -0.3 is 14.8 Å². The lowest BCUT2D eigenvalue weighted by atomic mass is 10.1. The monoisotopic (exact) mass is 219 g/mol. The van der Waals surface area contributed by atoms with Crippen LogP contribution >= 0.6 is 0 Å². The van der Waals surface area contributed by atoms with E-state index in [0.29, 0.717) is 5.82 Å². The Labute approximate surface area is 92.7 Å². The van der Waals surface area contributed by atoms with Gasteiger partial charge in [0.2, 0.25) is 0 Å². The lowest BCUT2D eigenvalue weighted by molar-refractivity contribution is 0.181. The van der Waals surface area contributed by atoms with E-state index in [4.69, 9.17) is 5.11 Å². The topological polar surface area (TPSA) is 66.6 Å². The molecule has 0 saturated carbocycles. The number of amides is 1. The fourth-order valence-corrected chi connectivity index (χ4v) is 1.73. The zero-order chi connectivity index (χ0) is 11.8. The molecule has 0 aliphatic carbocycles. The normalized spacial score (nSPS) is 11.6. The molecule has 5 heteroatoms. The van der Waals surface area contributed by atoms with Crippen LogP contribution in [-0.4, -0.2) is 20.6 Å². The second-order valence-corrected chi connectivity index (χ2v) is 4.13. The molecule has 2 rings (SSSR count). The minimum atomic E-state index is -1.06. The van der Waals surface area contributed by atoms with Gasteiger partial charge in [-0.3, -0.25) is 0 Å². The maximum atomic E-state index is 10.7. The molecular weight excluding hydrogens is 206 g/mol. The summed E-state index contributed by atoms with van der Waals surface area (Å²) in [6.45, 7) is 3.56. The molecule has 2 heterocycles. The maximum absolute atomic E-state index is 10.7. The van der Waals surface area contributed by atoms with Crippen molar-refractivity contribution in [2.75, 3.05) is 0 Å². The summed E-state index contributed by atoms with van der Waals surface area (Å²) in [7, 11) is 0. The van der Waals surface area contributed by atoms with Gasteiger partial charge in [-0.1, -0.05) is 6.07 Å². The van der Waals surface area contributed by atoms with Crippen LogP contribution < -0.4 is 5.32 Å². The van der Waals surface area contributed by atoms with E-state index >= 15 is 0 Å². The van der Waals surface area contributed by atoms with E-state index in [9.17, 15) is 4.79 Å². The van der Waals surface area contributed by atoms with E-state index in [1.54, 1.807) is 20.0 Å². The summed E-state index contributed by atoms with van der Waals surface area (Å²) in [5, 5.41) is 11.2. The van der Waals surface area contributed by atoms with Crippen molar-refractivity contribution in [1.29, 1.82) is 0 Å². The Hall–Kier alpha value is -2.04. The molecule has 2 aromatic rings. The summed E-state index contributed by atoms with van der Waals surface area (Å²) in [5.41, 5.74) is 0.220. The van der Waals surface area contributed by atoms with Crippen LogP contribution in [0.25, 0.3) is 5.52 Å². The zero-order valence-corrected chi connectivity index (χ0v) is 9.14. The number of fused-ring (bicyclic) bond motifs is 1. The Morgan fingerprint density at radius 2 is 2.25 bits per heavy atom. The molecule has 5 nitrogen and oxygen atoms in total. The number of hydrogen-bond donors (Lipinski definition) is 2. The highest BCUT2D eigenvalue weighted by Crippen LogP contribution is 2.19. The average Bonchev–Trinajstić information content (AvgIpc) is 2.59. The van der Waals surface area contributed by atoms with Crippen LogP contribution in [0, 0.1) is 0 Å². The smallest absolute Gasteiger partial charge is 0.405 e. The van der Waals surface area contributed by atoms with E-state index in [1.807, 2.05) is 28.8 Å². The molecule has 0 bridgehead atoms. The molecule has 0 aliphatic rings. The van der Waals surface area contributed by atoms with Gasteiger partial charge in [0.25, 0.3) is 0 Å². The van der Waals surface area contributed by atoms with Crippen LogP contribution in [0.3, 0.4) is 0 Å². The summed E-state index contributed by atoms with van der Waals surface area (Å²) in [5.74, 6) is 0.672. The van der Waals surface area contributed by atoms with E-state index in [2.05, 4.69) is 10.3 Å². The van der Waals surface area contributed by atoms with Crippen molar-refractivity contribution in [3.8, 4) is 0 Å². The number of carbonyl (C=O) groups is 1. The second-order valence-electron chi connectivity index (χ2n) is 4.13. The van der Waals surface area contributed by atoms with Crippen molar-refractivity contribution in [1.82, 2.24) is 14.7 Å². The predicted octanol–water partition coefficient (Wildman–Crippen LogP) is 1.84. The lowest BCUT2D eigenvalue weighted by Gasteiger charge is -2.23. The van der Waals surface area contributed by atoms with Crippen LogP contribution in [0.1, 0.15) is 19.7 Å². The predicted molar refractivity (Wildman–Crippen MR) is 59.4 cm³/mol. The van der Waals surface area contributed by atoms with Gasteiger partial charge in [0, 0.05) is 6.20 Å². The van der Waals surface area contributed by atoms with Crippen molar-refractivity contribution in [2.24, 2.45) is 0 Å². The second kappa shape index (κ2) is 3.52. The Bertz CT molecular complexity index is 531. The van der Waals surface area contributed by atoms with Gasteiger partial charge in [-0.25, -0.2) is 9.78 Å². The first kappa shape index (κ1) is 10.5. The Balaban J connectivity index is 2.50. The molecule has 2 N–H and O–H groups in total. The number of nitrogens with zero attached hydrogens (tertiary/aromatic N) is 2. The molecule has 0 spiro atoms. The first-order valence-corrected chi connectivity index (χ1v) is 4.94. The summed E-state index contributed by atoms with van der Waals surface area (Å²) in [4.78, 5) is 15.0. The molecule has 84 valence electrons. The van der Waals surface area contributed by atoms with Crippen LogP contribution in [-0.2, 0) is 5.54 Å². The van der Waals surface area contributed by atoms with Crippen LogP contribution in [0.5, 0.6) is 0 Å². The Morgan fingerprint density at radius 1 is 1.50 bits per heavy atom. The number of pyridine rings is 1. The molecule has 0 radical (unpaired) electrons. The fraction of sp³-hybridized carbons (Fsp3) is 0.273. The highest BCUT2D eigenvalue weighted by Gasteiger charge is 2.27.